The molecule has 158 valence electrons. The number of thiazole rings is 1. The highest BCUT2D eigenvalue weighted by Crippen LogP contribution is 2.19. The summed E-state index contributed by atoms with van der Waals surface area (Å²) in [5.74, 6) is 2.47. The molecular formula is C20H23ClN6O2S. The second-order valence-corrected chi connectivity index (χ2v) is 8.53. The highest BCUT2D eigenvalue weighted by molar-refractivity contribution is 7.09. The van der Waals surface area contributed by atoms with E-state index in [1.807, 2.05) is 29.3 Å². The fraction of sp³-hybridized carbons (Fsp3) is 0.400. The van der Waals surface area contributed by atoms with Gasteiger partial charge in [-0.15, -0.1) is 11.3 Å². The molecule has 1 aliphatic rings. The summed E-state index contributed by atoms with van der Waals surface area (Å²) >= 11 is 7.38. The summed E-state index contributed by atoms with van der Waals surface area (Å²) in [6.45, 7) is 6.01. The zero-order valence-electron chi connectivity index (χ0n) is 16.7. The second-order valence-electron chi connectivity index (χ2n) is 7.15. The Morgan fingerprint density at radius 2 is 1.97 bits per heavy atom. The number of aryl methyl sites for hydroxylation is 1. The number of hydrogen-bond donors (Lipinski definition) is 1. The number of nitrogens with one attached hydrogen (secondary N) is 1. The average Bonchev–Trinajstić information content (AvgIpc) is 3.36. The van der Waals surface area contributed by atoms with Crippen LogP contribution in [0.15, 0.2) is 29.6 Å². The maximum absolute atomic E-state index is 12.7. The number of rotatable bonds is 7. The van der Waals surface area contributed by atoms with Crippen LogP contribution in [-0.4, -0.2) is 62.1 Å². The maximum atomic E-state index is 12.7. The summed E-state index contributed by atoms with van der Waals surface area (Å²) in [5, 5.41) is 10.5. The number of halogens is 1. The number of benzene rings is 1. The minimum absolute atomic E-state index is 0.110. The molecule has 8 nitrogen and oxygen atoms in total. The number of piperazine rings is 1. The fourth-order valence-corrected chi connectivity index (χ4v) is 4.09. The molecule has 1 fully saturated rings. The Morgan fingerprint density at radius 3 is 2.67 bits per heavy atom. The van der Waals surface area contributed by atoms with E-state index < -0.39 is 0 Å². The van der Waals surface area contributed by atoms with Crippen molar-refractivity contribution in [3.05, 3.63) is 57.0 Å². The van der Waals surface area contributed by atoms with Gasteiger partial charge >= 0.3 is 0 Å². The lowest BCUT2D eigenvalue weighted by Gasteiger charge is -2.34. The van der Waals surface area contributed by atoms with Crippen LogP contribution in [0.25, 0.3) is 0 Å². The van der Waals surface area contributed by atoms with Gasteiger partial charge in [0.25, 0.3) is 0 Å². The number of hydrogen-bond acceptors (Lipinski definition) is 7. The SMILES string of the molecule is Cc1nc(CN2CCN(C(=O)Cc3csc(COc4ccc(Cl)cc4)n3)CC2)n[nH]1. The predicted octanol–water partition coefficient (Wildman–Crippen LogP) is 2.69. The third kappa shape index (κ3) is 5.56. The molecule has 1 aromatic carbocycles. The van der Waals surface area contributed by atoms with Gasteiger partial charge in [0.05, 0.1) is 18.7 Å². The van der Waals surface area contributed by atoms with Crippen molar-refractivity contribution in [3.63, 3.8) is 0 Å². The summed E-state index contributed by atoms with van der Waals surface area (Å²) in [6, 6.07) is 7.22. The van der Waals surface area contributed by atoms with Crippen LogP contribution >= 0.6 is 22.9 Å². The van der Waals surface area contributed by atoms with Gasteiger partial charge in [-0.2, -0.15) is 5.10 Å². The van der Waals surface area contributed by atoms with Crippen molar-refractivity contribution in [2.24, 2.45) is 0 Å². The van der Waals surface area contributed by atoms with Gasteiger partial charge in [-0.05, 0) is 31.2 Å². The van der Waals surface area contributed by atoms with E-state index >= 15 is 0 Å². The fourth-order valence-electron chi connectivity index (χ4n) is 3.25. The van der Waals surface area contributed by atoms with E-state index in [0.717, 1.165) is 41.2 Å². The predicted molar refractivity (Wildman–Crippen MR) is 115 cm³/mol. The Balaban J connectivity index is 1.22. The molecule has 0 saturated carbocycles. The average molecular weight is 447 g/mol. The number of carbonyl (C=O) groups is 1. The van der Waals surface area contributed by atoms with Gasteiger partial charge in [0.1, 0.15) is 23.2 Å². The lowest BCUT2D eigenvalue weighted by atomic mass is 10.2. The molecule has 0 aliphatic carbocycles. The van der Waals surface area contributed by atoms with Crippen molar-refractivity contribution < 1.29 is 9.53 Å². The van der Waals surface area contributed by atoms with Crippen LogP contribution in [0, 0.1) is 6.92 Å². The molecule has 2 aromatic heterocycles. The summed E-state index contributed by atoms with van der Waals surface area (Å²) in [7, 11) is 0. The first kappa shape index (κ1) is 20.8. The van der Waals surface area contributed by atoms with Gasteiger partial charge in [-0.3, -0.25) is 14.8 Å². The Hall–Kier alpha value is -2.49. The lowest BCUT2D eigenvalue weighted by molar-refractivity contribution is -0.132. The quantitative estimate of drug-likeness (QED) is 0.600. The monoisotopic (exact) mass is 446 g/mol. The number of amides is 1. The van der Waals surface area contributed by atoms with Gasteiger partial charge in [0.15, 0.2) is 5.82 Å². The highest BCUT2D eigenvalue weighted by atomic mass is 35.5. The summed E-state index contributed by atoms with van der Waals surface area (Å²) in [5.41, 5.74) is 0.790. The van der Waals surface area contributed by atoms with E-state index in [1.165, 1.54) is 11.3 Å². The van der Waals surface area contributed by atoms with Gasteiger partial charge in [-0.25, -0.2) is 9.97 Å². The van der Waals surface area contributed by atoms with Crippen molar-refractivity contribution in [3.8, 4) is 5.75 Å². The topological polar surface area (TPSA) is 87.2 Å². The first-order valence-corrected chi connectivity index (χ1v) is 11.0. The van der Waals surface area contributed by atoms with E-state index in [-0.39, 0.29) is 5.91 Å². The minimum atomic E-state index is 0.110. The van der Waals surface area contributed by atoms with E-state index in [4.69, 9.17) is 16.3 Å². The molecular weight excluding hydrogens is 424 g/mol. The van der Waals surface area contributed by atoms with Crippen LogP contribution < -0.4 is 4.74 Å². The van der Waals surface area contributed by atoms with Gasteiger partial charge < -0.3 is 9.64 Å². The van der Waals surface area contributed by atoms with Crippen molar-refractivity contribution in [2.75, 3.05) is 26.2 Å². The Labute approximate surface area is 183 Å². The third-order valence-corrected chi connectivity index (χ3v) is 5.96. The van der Waals surface area contributed by atoms with Crippen LogP contribution in [0.4, 0.5) is 0 Å². The zero-order valence-corrected chi connectivity index (χ0v) is 18.2. The van der Waals surface area contributed by atoms with E-state index in [2.05, 4.69) is 25.1 Å². The van der Waals surface area contributed by atoms with Crippen LogP contribution in [0.3, 0.4) is 0 Å². The van der Waals surface area contributed by atoms with E-state index in [9.17, 15) is 4.79 Å². The number of nitrogens with zero attached hydrogens (tertiary/aromatic N) is 5. The molecule has 1 saturated heterocycles. The summed E-state index contributed by atoms with van der Waals surface area (Å²) < 4.78 is 5.72. The Bertz CT molecular complexity index is 981. The van der Waals surface area contributed by atoms with Crippen molar-refractivity contribution in [1.29, 1.82) is 0 Å². The second kappa shape index (κ2) is 9.55. The standard InChI is InChI=1S/C20H23ClN6O2S/c1-14-22-18(25-24-14)11-26-6-8-27(9-7-26)20(28)10-16-13-30-19(23-16)12-29-17-4-2-15(21)3-5-17/h2-5,13H,6-12H2,1H3,(H,22,24,25). The maximum Gasteiger partial charge on any atom is 0.228 e. The molecule has 3 heterocycles. The minimum Gasteiger partial charge on any atom is -0.486 e. The third-order valence-electron chi connectivity index (χ3n) is 4.84. The normalized spacial score (nSPS) is 14.8. The Kier molecular flexibility index (Phi) is 6.61. The van der Waals surface area contributed by atoms with Crippen molar-refractivity contribution >= 4 is 28.8 Å². The molecule has 30 heavy (non-hydrogen) atoms. The van der Waals surface area contributed by atoms with Crippen molar-refractivity contribution in [2.45, 2.75) is 26.5 Å². The van der Waals surface area contributed by atoms with Crippen LogP contribution in [0.1, 0.15) is 22.4 Å². The molecule has 1 amide bonds. The molecule has 0 spiro atoms. The summed E-state index contributed by atoms with van der Waals surface area (Å²) in [4.78, 5) is 25.7. The molecule has 1 N–H and O–H groups in total. The van der Waals surface area contributed by atoms with Crippen LogP contribution in [-0.2, 0) is 24.4 Å². The lowest BCUT2D eigenvalue weighted by Crippen LogP contribution is -2.48. The van der Waals surface area contributed by atoms with Gasteiger partial charge in [0.2, 0.25) is 5.91 Å². The molecule has 0 bridgehead atoms. The van der Waals surface area contributed by atoms with Crippen LogP contribution in [0.2, 0.25) is 5.02 Å². The highest BCUT2D eigenvalue weighted by Gasteiger charge is 2.22. The zero-order chi connectivity index (χ0) is 20.9. The first-order valence-electron chi connectivity index (χ1n) is 9.75. The number of ether oxygens (including phenoxy) is 1. The molecule has 0 atom stereocenters. The van der Waals surface area contributed by atoms with Crippen molar-refractivity contribution in [1.82, 2.24) is 30.0 Å². The number of aromatic amines is 1. The molecule has 0 radical (unpaired) electrons. The largest absolute Gasteiger partial charge is 0.486 e. The molecule has 10 heteroatoms. The number of carbonyl (C=O) groups excluding carboxylic acids is 1. The summed E-state index contributed by atoms with van der Waals surface area (Å²) in [6.07, 6.45) is 0.317. The number of aromatic nitrogens is 4. The number of H-pyrrole nitrogens is 1. The molecule has 1 aliphatic heterocycles. The molecule has 3 aromatic rings. The van der Waals surface area contributed by atoms with E-state index in [0.29, 0.717) is 37.7 Å². The molecule has 0 unspecified atom stereocenters. The van der Waals surface area contributed by atoms with Crippen LogP contribution in [0.5, 0.6) is 5.75 Å². The first-order chi connectivity index (χ1) is 14.5. The van der Waals surface area contributed by atoms with E-state index in [1.54, 1.807) is 12.1 Å². The van der Waals surface area contributed by atoms with Gasteiger partial charge in [-0.1, -0.05) is 11.6 Å². The molecule has 4 rings (SSSR count). The smallest absolute Gasteiger partial charge is 0.228 e. The Morgan fingerprint density at radius 1 is 1.20 bits per heavy atom. The van der Waals surface area contributed by atoms with Gasteiger partial charge in [0, 0.05) is 36.6 Å².